The highest BCUT2D eigenvalue weighted by molar-refractivity contribution is 5.85. The van der Waals surface area contributed by atoms with E-state index in [1.54, 1.807) is 27.3 Å². The van der Waals surface area contributed by atoms with E-state index in [1.807, 2.05) is 12.1 Å². The van der Waals surface area contributed by atoms with Crippen LogP contribution in [0.1, 0.15) is 31.2 Å². The topological polar surface area (TPSA) is 79.9 Å². The summed E-state index contributed by atoms with van der Waals surface area (Å²) in [4.78, 5) is 26.2. The van der Waals surface area contributed by atoms with Crippen LogP contribution in [-0.2, 0) is 16.1 Å². The Morgan fingerprint density at radius 2 is 2.07 bits per heavy atom. The Bertz CT molecular complexity index is 728. The number of benzene rings is 1. The molecule has 0 unspecified atom stereocenters. The van der Waals surface area contributed by atoms with Crippen molar-refractivity contribution in [2.75, 3.05) is 40.9 Å². The molecule has 3 rings (SSSR count). The van der Waals surface area contributed by atoms with Crippen LogP contribution in [0.2, 0.25) is 0 Å². The second kappa shape index (κ2) is 10.2. The quantitative estimate of drug-likeness (QED) is 0.698. The lowest BCUT2D eigenvalue weighted by Gasteiger charge is -2.37. The number of fused-ring (bicyclic) bond motifs is 1. The highest BCUT2D eigenvalue weighted by Crippen LogP contribution is 2.44. The van der Waals surface area contributed by atoms with Crippen molar-refractivity contribution in [3.63, 3.8) is 0 Å². The Kier molecular flexibility index (Phi) is 8.16. The first kappa shape index (κ1) is 23.3. The molecule has 1 heterocycles. The van der Waals surface area contributed by atoms with Gasteiger partial charge in [0.05, 0.1) is 12.5 Å². The van der Waals surface area contributed by atoms with E-state index in [0.717, 1.165) is 37.9 Å². The summed E-state index contributed by atoms with van der Waals surface area (Å²) in [6.07, 6.45) is 4.44. The van der Waals surface area contributed by atoms with Crippen molar-refractivity contribution in [3.05, 3.63) is 23.8 Å². The molecule has 2 atom stereocenters. The highest BCUT2D eigenvalue weighted by Gasteiger charge is 2.49. The zero-order chi connectivity index (χ0) is 20.1. The Balaban J connectivity index is 0.00000300. The maximum Gasteiger partial charge on any atom is 0.259 e. The molecule has 0 spiro atoms. The fourth-order valence-corrected chi connectivity index (χ4v) is 4.26. The van der Waals surface area contributed by atoms with Gasteiger partial charge >= 0.3 is 0 Å². The molecule has 162 valence electrons. The minimum atomic E-state index is -0.252. The summed E-state index contributed by atoms with van der Waals surface area (Å²) in [5, 5.41) is 6.54. The zero-order valence-electron chi connectivity index (χ0n) is 17.5. The Hall–Kier alpha value is -1.99. The monoisotopic (exact) mass is 425 g/mol. The molecule has 0 radical (unpaired) electrons. The summed E-state index contributed by atoms with van der Waals surface area (Å²) >= 11 is 0. The van der Waals surface area contributed by atoms with Gasteiger partial charge in [0, 0.05) is 27.2 Å². The third-order valence-corrected chi connectivity index (χ3v) is 6.02. The minimum Gasteiger partial charge on any atom is -0.493 e. The van der Waals surface area contributed by atoms with Crippen molar-refractivity contribution >= 4 is 24.2 Å². The van der Waals surface area contributed by atoms with E-state index in [4.69, 9.17) is 9.47 Å². The number of likely N-dealkylation sites (N-methyl/N-ethyl adjacent to an activating group) is 1. The van der Waals surface area contributed by atoms with Gasteiger partial charge < -0.3 is 25.0 Å². The predicted octanol–water partition coefficient (Wildman–Crippen LogP) is 1.98. The molecule has 29 heavy (non-hydrogen) atoms. The number of hydrogen-bond acceptors (Lipinski definition) is 5. The number of carbonyl (C=O) groups excluding carboxylic acids is 2. The van der Waals surface area contributed by atoms with Crippen LogP contribution in [0.3, 0.4) is 0 Å². The first-order valence-electron chi connectivity index (χ1n) is 9.95. The van der Waals surface area contributed by atoms with Gasteiger partial charge in [0.2, 0.25) is 5.91 Å². The highest BCUT2D eigenvalue weighted by atomic mass is 35.5. The van der Waals surface area contributed by atoms with E-state index in [1.165, 1.54) is 11.3 Å². The normalized spacial score (nSPS) is 22.8. The molecular formula is C21H32ClN3O4. The van der Waals surface area contributed by atoms with Crippen molar-refractivity contribution in [1.82, 2.24) is 15.5 Å². The average molecular weight is 426 g/mol. The second-order valence-corrected chi connectivity index (χ2v) is 7.97. The molecule has 0 aromatic heterocycles. The lowest BCUT2D eigenvalue weighted by molar-refractivity contribution is -0.134. The van der Waals surface area contributed by atoms with E-state index in [9.17, 15) is 9.59 Å². The fourth-order valence-electron chi connectivity index (χ4n) is 4.26. The van der Waals surface area contributed by atoms with Crippen molar-refractivity contribution in [3.8, 4) is 11.5 Å². The van der Waals surface area contributed by atoms with Gasteiger partial charge in [-0.3, -0.25) is 9.59 Å². The van der Waals surface area contributed by atoms with Crippen LogP contribution in [0, 0.1) is 11.3 Å². The Morgan fingerprint density at radius 3 is 2.79 bits per heavy atom. The van der Waals surface area contributed by atoms with Crippen LogP contribution >= 0.6 is 12.4 Å². The minimum absolute atomic E-state index is 0. The van der Waals surface area contributed by atoms with Crippen LogP contribution < -0.4 is 20.1 Å². The maximum atomic E-state index is 13.0. The Morgan fingerprint density at radius 1 is 1.28 bits per heavy atom. The van der Waals surface area contributed by atoms with Crippen LogP contribution in [0.15, 0.2) is 18.2 Å². The van der Waals surface area contributed by atoms with E-state index < -0.39 is 0 Å². The number of carbonyl (C=O) groups is 2. The molecule has 2 fully saturated rings. The molecule has 1 aromatic rings. The van der Waals surface area contributed by atoms with E-state index in [2.05, 4.69) is 10.6 Å². The van der Waals surface area contributed by atoms with Crippen LogP contribution in [0.5, 0.6) is 11.5 Å². The molecule has 2 aliphatic rings. The molecule has 0 bridgehead atoms. The first-order valence-corrected chi connectivity index (χ1v) is 9.95. The Labute approximate surface area is 178 Å². The average Bonchev–Trinajstić information content (AvgIpc) is 3.15. The third kappa shape index (κ3) is 5.14. The van der Waals surface area contributed by atoms with Gasteiger partial charge in [-0.25, -0.2) is 0 Å². The lowest BCUT2D eigenvalue weighted by atomic mass is 9.67. The third-order valence-electron chi connectivity index (χ3n) is 6.02. The predicted molar refractivity (Wildman–Crippen MR) is 114 cm³/mol. The summed E-state index contributed by atoms with van der Waals surface area (Å²) in [6.45, 7) is 2.12. The van der Waals surface area contributed by atoms with Crippen LogP contribution in [-0.4, -0.2) is 57.6 Å². The molecule has 1 aromatic carbocycles. The van der Waals surface area contributed by atoms with Gasteiger partial charge in [-0.15, -0.1) is 12.4 Å². The van der Waals surface area contributed by atoms with Gasteiger partial charge in [-0.1, -0.05) is 18.9 Å². The van der Waals surface area contributed by atoms with Gasteiger partial charge in [0.1, 0.15) is 0 Å². The SMILES string of the molecule is COc1cc(CNC(=O)[C@@]23CCCC[C@H]2CNC3)ccc1OCC(=O)N(C)C.Cl. The number of hydrogen-bond donors (Lipinski definition) is 2. The number of methoxy groups -OCH3 is 1. The van der Waals surface area contributed by atoms with Crippen LogP contribution in [0.4, 0.5) is 0 Å². The maximum absolute atomic E-state index is 13.0. The number of nitrogens with zero attached hydrogens (tertiary/aromatic N) is 1. The summed E-state index contributed by atoms with van der Waals surface area (Å²) < 4.78 is 11.0. The molecule has 1 aliphatic carbocycles. The summed E-state index contributed by atoms with van der Waals surface area (Å²) in [6, 6.07) is 5.52. The molecule has 1 saturated heterocycles. The van der Waals surface area contributed by atoms with E-state index in [-0.39, 0.29) is 36.2 Å². The molecule has 7 nitrogen and oxygen atoms in total. The van der Waals surface area contributed by atoms with Gasteiger partial charge in [0.15, 0.2) is 18.1 Å². The molecule has 2 amide bonds. The largest absolute Gasteiger partial charge is 0.493 e. The molecule has 1 aliphatic heterocycles. The number of ether oxygens (including phenoxy) is 2. The zero-order valence-corrected chi connectivity index (χ0v) is 18.3. The van der Waals surface area contributed by atoms with Crippen molar-refractivity contribution in [2.45, 2.75) is 32.2 Å². The van der Waals surface area contributed by atoms with Crippen molar-refractivity contribution < 1.29 is 19.1 Å². The smallest absolute Gasteiger partial charge is 0.259 e. The lowest BCUT2D eigenvalue weighted by Crippen LogP contribution is -2.47. The van der Waals surface area contributed by atoms with Crippen LogP contribution in [0.25, 0.3) is 0 Å². The molecule has 2 N–H and O–H groups in total. The van der Waals surface area contributed by atoms with Crippen molar-refractivity contribution in [1.29, 1.82) is 0 Å². The number of nitrogens with one attached hydrogen (secondary N) is 2. The second-order valence-electron chi connectivity index (χ2n) is 7.97. The molecule has 1 saturated carbocycles. The number of halogens is 1. The molecule has 8 heteroatoms. The molecular weight excluding hydrogens is 394 g/mol. The summed E-state index contributed by atoms with van der Waals surface area (Å²) in [5.74, 6) is 1.54. The van der Waals surface area contributed by atoms with Crippen molar-refractivity contribution in [2.24, 2.45) is 11.3 Å². The van der Waals surface area contributed by atoms with Gasteiger partial charge in [-0.2, -0.15) is 0 Å². The van der Waals surface area contributed by atoms with E-state index >= 15 is 0 Å². The van der Waals surface area contributed by atoms with E-state index in [0.29, 0.717) is 24.0 Å². The first-order chi connectivity index (χ1) is 13.5. The van der Waals surface area contributed by atoms with Gasteiger partial charge in [-0.05, 0) is 43.0 Å². The van der Waals surface area contributed by atoms with Gasteiger partial charge in [0.25, 0.3) is 5.91 Å². The number of amides is 2. The fraction of sp³-hybridized carbons (Fsp3) is 0.619. The summed E-state index contributed by atoms with van der Waals surface area (Å²) in [5.41, 5.74) is 0.684. The number of rotatable bonds is 7. The summed E-state index contributed by atoms with van der Waals surface area (Å²) in [7, 11) is 4.93. The standard InChI is InChI=1S/C21H31N3O4.ClH/c1-24(2)19(25)13-28-17-8-7-15(10-18(17)27-3)11-23-20(26)21-9-5-4-6-16(21)12-22-14-21;/h7-8,10,16,22H,4-6,9,11-14H2,1-3H3,(H,23,26);1H/t16-,21+;/m0./s1.